The molecular formula is C19H21N3O. The van der Waals surface area contributed by atoms with Gasteiger partial charge in [0.15, 0.2) is 0 Å². The fraction of sp³-hybridized carbons (Fsp3) is 0.263. The zero-order chi connectivity index (χ0) is 16.4. The van der Waals surface area contributed by atoms with Crippen LogP contribution in [0.5, 0.6) is 0 Å². The summed E-state index contributed by atoms with van der Waals surface area (Å²) in [5.41, 5.74) is 4.46. The number of hydrogen-bond donors (Lipinski definition) is 2. The van der Waals surface area contributed by atoms with Crippen LogP contribution in [0.15, 0.2) is 47.3 Å². The number of para-hydroxylation sites is 1. The monoisotopic (exact) mass is 307 g/mol. The largest absolute Gasteiger partial charge is 0.353 e. The summed E-state index contributed by atoms with van der Waals surface area (Å²) >= 11 is 0. The molecule has 0 saturated heterocycles. The van der Waals surface area contributed by atoms with Crippen LogP contribution >= 0.6 is 0 Å². The number of nitrogens with zero attached hydrogens (tertiary/aromatic N) is 1. The highest BCUT2D eigenvalue weighted by Gasteiger charge is 2.09. The van der Waals surface area contributed by atoms with Crippen molar-refractivity contribution in [2.45, 2.75) is 33.2 Å². The molecule has 0 aliphatic heterocycles. The van der Waals surface area contributed by atoms with Gasteiger partial charge >= 0.3 is 0 Å². The van der Waals surface area contributed by atoms with Crippen molar-refractivity contribution in [1.82, 2.24) is 9.97 Å². The number of nitrogens with one attached hydrogen (secondary N) is 2. The van der Waals surface area contributed by atoms with Crippen molar-refractivity contribution < 1.29 is 0 Å². The molecule has 2 aromatic carbocycles. The summed E-state index contributed by atoms with van der Waals surface area (Å²) in [5.74, 6) is 0.519. The van der Waals surface area contributed by atoms with E-state index in [1.807, 2.05) is 18.2 Å². The first kappa shape index (κ1) is 15.3. The summed E-state index contributed by atoms with van der Waals surface area (Å²) in [6.07, 6.45) is 0.878. The molecule has 0 amide bonds. The number of aromatic nitrogens is 2. The van der Waals surface area contributed by atoms with Crippen molar-refractivity contribution in [3.05, 3.63) is 69.5 Å². The minimum absolute atomic E-state index is 0.114. The van der Waals surface area contributed by atoms with Crippen LogP contribution < -0.4 is 10.9 Å². The molecule has 1 unspecified atom stereocenters. The molecule has 0 saturated carbocycles. The molecule has 1 atom stereocenters. The number of anilines is 1. The van der Waals surface area contributed by atoms with E-state index in [-0.39, 0.29) is 11.6 Å². The van der Waals surface area contributed by atoms with Gasteiger partial charge in [-0.3, -0.25) is 9.78 Å². The van der Waals surface area contributed by atoms with E-state index in [0.29, 0.717) is 16.9 Å². The van der Waals surface area contributed by atoms with E-state index in [0.717, 1.165) is 6.42 Å². The van der Waals surface area contributed by atoms with Crippen molar-refractivity contribution in [2.75, 3.05) is 5.32 Å². The lowest BCUT2D eigenvalue weighted by molar-refractivity contribution is 0.773. The number of rotatable bonds is 4. The molecule has 118 valence electrons. The van der Waals surface area contributed by atoms with E-state index < -0.39 is 0 Å². The summed E-state index contributed by atoms with van der Waals surface area (Å²) in [4.78, 5) is 19.4. The molecule has 0 aliphatic carbocycles. The predicted molar refractivity (Wildman–Crippen MR) is 95.1 cm³/mol. The Balaban J connectivity index is 1.80. The Hall–Kier alpha value is -2.62. The minimum Gasteiger partial charge on any atom is -0.353 e. The van der Waals surface area contributed by atoms with Crippen LogP contribution in [0.25, 0.3) is 10.9 Å². The van der Waals surface area contributed by atoms with Crippen LogP contribution in [0.3, 0.4) is 0 Å². The minimum atomic E-state index is -0.114. The van der Waals surface area contributed by atoms with Gasteiger partial charge in [0.2, 0.25) is 5.95 Å². The first-order valence-corrected chi connectivity index (χ1v) is 7.84. The van der Waals surface area contributed by atoms with Gasteiger partial charge in [-0.05, 0) is 50.5 Å². The topological polar surface area (TPSA) is 57.8 Å². The van der Waals surface area contributed by atoms with Gasteiger partial charge in [-0.2, -0.15) is 0 Å². The maximum absolute atomic E-state index is 12.1. The van der Waals surface area contributed by atoms with Crippen LogP contribution in [0, 0.1) is 13.8 Å². The van der Waals surface area contributed by atoms with Crippen LogP contribution in [0.4, 0.5) is 5.95 Å². The SMILES string of the molecule is Cc1ccc(CC(C)Nc2nc3ccccc3c(=O)[nH]2)c(C)c1. The third-order valence-electron chi connectivity index (χ3n) is 4.02. The highest BCUT2D eigenvalue weighted by Crippen LogP contribution is 2.14. The van der Waals surface area contributed by atoms with E-state index in [4.69, 9.17) is 0 Å². The maximum atomic E-state index is 12.1. The van der Waals surface area contributed by atoms with Gasteiger partial charge in [-0.25, -0.2) is 4.98 Å². The normalized spacial score (nSPS) is 12.3. The second-order valence-corrected chi connectivity index (χ2v) is 6.11. The molecule has 0 spiro atoms. The maximum Gasteiger partial charge on any atom is 0.260 e. The van der Waals surface area contributed by atoms with Crippen molar-refractivity contribution in [2.24, 2.45) is 0 Å². The molecule has 0 aliphatic rings. The molecule has 0 fully saturated rings. The van der Waals surface area contributed by atoms with E-state index in [1.54, 1.807) is 6.07 Å². The van der Waals surface area contributed by atoms with Gasteiger partial charge in [-0.1, -0.05) is 35.9 Å². The van der Waals surface area contributed by atoms with Gasteiger partial charge in [0.1, 0.15) is 0 Å². The van der Waals surface area contributed by atoms with Gasteiger partial charge in [0, 0.05) is 6.04 Å². The van der Waals surface area contributed by atoms with Gasteiger partial charge in [0.05, 0.1) is 10.9 Å². The number of fused-ring (bicyclic) bond motifs is 1. The zero-order valence-corrected chi connectivity index (χ0v) is 13.7. The molecule has 0 radical (unpaired) electrons. The molecule has 3 aromatic rings. The highest BCUT2D eigenvalue weighted by molar-refractivity contribution is 5.78. The van der Waals surface area contributed by atoms with E-state index in [2.05, 4.69) is 54.3 Å². The lowest BCUT2D eigenvalue weighted by Crippen LogP contribution is -2.22. The van der Waals surface area contributed by atoms with Crippen LogP contribution in [-0.4, -0.2) is 16.0 Å². The van der Waals surface area contributed by atoms with Crippen molar-refractivity contribution >= 4 is 16.9 Å². The van der Waals surface area contributed by atoms with Crippen LogP contribution in [-0.2, 0) is 6.42 Å². The Morgan fingerprint density at radius 3 is 2.74 bits per heavy atom. The fourth-order valence-electron chi connectivity index (χ4n) is 2.84. The number of benzene rings is 2. The third kappa shape index (κ3) is 3.42. The number of H-pyrrole nitrogens is 1. The summed E-state index contributed by atoms with van der Waals surface area (Å²) in [6, 6.07) is 14.0. The predicted octanol–water partition coefficient (Wildman–Crippen LogP) is 3.58. The first-order valence-electron chi connectivity index (χ1n) is 7.84. The average molecular weight is 307 g/mol. The molecule has 4 heteroatoms. The second-order valence-electron chi connectivity index (χ2n) is 6.11. The number of aromatic amines is 1. The summed E-state index contributed by atoms with van der Waals surface area (Å²) in [5, 5.41) is 3.91. The Labute approximate surface area is 135 Å². The quantitative estimate of drug-likeness (QED) is 0.774. The Morgan fingerprint density at radius 2 is 1.96 bits per heavy atom. The van der Waals surface area contributed by atoms with Gasteiger partial charge in [0.25, 0.3) is 5.56 Å². The molecule has 1 aromatic heterocycles. The molecule has 3 rings (SSSR count). The fourth-order valence-corrected chi connectivity index (χ4v) is 2.84. The van der Waals surface area contributed by atoms with Crippen LogP contribution in [0.1, 0.15) is 23.6 Å². The first-order chi connectivity index (χ1) is 11.0. The van der Waals surface area contributed by atoms with Gasteiger partial charge < -0.3 is 5.32 Å². The summed E-state index contributed by atoms with van der Waals surface area (Å²) in [7, 11) is 0. The highest BCUT2D eigenvalue weighted by atomic mass is 16.1. The molecule has 2 N–H and O–H groups in total. The molecular weight excluding hydrogens is 286 g/mol. The smallest absolute Gasteiger partial charge is 0.260 e. The van der Waals surface area contributed by atoms with Crippen LogP contribution in [0.2, 0.25) is 0 Å². The molecule has 1 heterocycles. The molecule has 23 heavy (non-hydrogen) atoms. The van der Waals surface area contributed by atoms with E-state index >= 15 is 0 Å². The Kier molecular flexibility index (Phi) is 4.15. The third-order valence-corrected chi connectivity index (χ3v) is 4.02. The van der Waals surface area contributed by atoms with E-state index in [1.165, 1.54) is 16.7 Å². The average Bonchev–Trinajstić information content (AvgIpc) is 2.50. The Bertz CT molecular complexity index is 899. The summed E-state index contributed by atoms with van der Waals surface area (Å²) in [6.45, 7) is 6.32. The van der Waals surface area contributed by atoms with E-state index in [9.17, 15) is 4.79 Å². The van der Waals surface area contributed by atoms with Crippen molar-refractivity contribution in [1.29, 1.82) is 0 Å². The standard InChI is InChI=1S/C19H21N3O/c1-12-8-9-15(13(2)10-12)11-14(3)20-19-21-17-7-5-4-6-16(17)18(23)22-19/h4-10,14H,11H2,1-3H3,(H2,20,21,22,23). The second kappa shape index (κ2) is 6.24. The lowest BCUT2D eigenvalue weighted by atomic mass is 10.00. The lowest BCUT2D eigenvalue weighted by Gasteiger charge is -2.16. The Morgan fingerprint density at radius 1 is 1.17 bits per heavy atom. The molecule has 0 bridgehead atoms. The van der Waals surface area contributed by atoms with Gasteiger partial charge in [-0.15, -0.1) is 0 Å². The number of aryl methyl sites for hydroxylation is 2. The summed E-state index contributed by atoms with van der Waals surface area (Å²) < 4.78 is 0. The molecule has 4 nitrogen and oxygen atoms in total. The zero-order valence-electron chi connectivity index (χ0n) is 13.7. The van der Waals surface area contributed by atoms with Crippen molar-refractivity contribution in [3.63, 3.8) is 0 Å². The van der Waals surface area contributed by atoms with Crippen molar-refractivity contribution in [3.8, 4) is 0 Å². The number of hydrogen-bond acceptors (Lipinski definition) is 3.